The van der Waals surface area contributed by atoms with Crippen molar-refractivity contribution < 1.29 is 8.42 Å². The lowest BCUT2D eigenvalue weighted by Crippen LogP contribution is -2.50. The quantitative estimate of drug-likeness (QED) is 0.798. The van der Waals surface area contributed by atoms with Gasteiger partial charge in [-0.3, -0.25) is 4.90 Å². The number of nitrogens with zero attached hydrogens (tertiary/aromatic N) is 3. The van der Waals surface area contributed by atoms with Gasteiger partial charge in [-0.1, -0.05) is 30.3 Å². The standard InChI is InChI=1S/C17H30N4O2S/c1-15(2)20(4)24(22,23)18-10-11-21-13-12-19(3)14-17(21)16-8-6-5-7-9-16/h5-9,15,17-18H,10-14H2,1-4H3. The van der Waals surface area contributed by atoms with Gasteiger partial charge in [0, 0.05) is 51.9 Å². The second-order valence-corrected chi connectivity index (χ2v) is 8.55. The van der Waals surface area contributed by atoms with Crippen molar-refractivity contribution in [2.45, 2.75) is 25.9 Å². The van der Waals surface area contributed by atoms with Crippen LogP contribution >= 0.6 is 0 Å². The largest absolute Gasteiger partial charge is 0.303 e. The molecule has 0 bridgehead atoms. The summed E-state index contributed by atoms with van der Waals surface area (Å²) in [6.45, 7) is 7.77. The molecule has 0 radical (unpaired) electrons. The second kappa shape index (κ2) is 8.40. The molecule has 2 rings (SSSR count). The first kappa shape index (κ1) is 19.3. The lowest BCUT2D eigenvalue weighted by Gasteiger charge is -2.40. The summed E-state index contributed by atoms with van der Waals surface area (Å²) in [4.78, 5) is 4.69. The molecular formula is C17H30N4O2S. The predicted molar refractivity (Wildman–Crippen MR) is 98.1 cm³/mol. The monoisotopic (exact) mass is 354 g/mol. The van der Waals surface area contributed by atoms with Crippen molar-refractivity contribution in [1.82, 2.24) is 18.8 Å². The predicted octanol–water partition coefficient (Wildman–Crippen LogP) is 1.15. The van der Waals surface area contributed by atoms with Gasteiger partial charge in [-0.25, -0.2) is 4.72 Å². The summed E-state index contributed by atoms with van der Waals surface area (Å²) in [6, 6.07) is 10.7. The number of likely N-dealkylation sites (N-methyl/N-ethyl adjacent to an activating group) is 1. The van der Waals surface area contributed by atoms with Gasteiger partial charge >= 0.3 is 0 Å². The van der Waals surface area contributed by atoms with Crippen LogP contribution in [0.4, 0.5) is 0 Å². The number of hydrogen-bond donors (Lipinski definition) is 1. The molecule has 1 aromatic carbocycles. The molecule has 0 aliphatic carbocycles. The van der Waals surface area contributed by atoms with E-state index < -0.39 is 10.2 Å². The zero-order valence-corrected chi connectivity index (χ0v) is 16.0. The molecule has 1 unspecified atom stereocenters. The average molecular weight is 355 g/mol. The Morgan fingerprint density at radius 1 is 1.25 bits per heavy atom. The Morgan fingerprint density at radius 2 is 1.92 bits per heavy atom. The van der Waals surface area contributed by atoms with E-state index in [1.165, 1.54) is 9.87 Å². The van der Waals surface area contributed by atoms with E-state index in [4.69, 9.17) is 0 Å². The average Bonchev–Trinajstić information content (AvgIpc) is 2.56. The number of piperazine rings is 1. The van der Waals surface area contributed by atoms with E-state index in [0.29, 0.717) is 19.1 Å². The van der Waals surface area contributed by atoms with Gasteiger partial charge < -0.3 is 4.90 Å². The summed E-state index contributed by atoms with van der Waals surface area (Å²) in [5.74, 6) is 0. The van der Waals surface area contributed by atoms with Crippen LogP contribution in [0.5, 0.6) is 0 Å². The van der Waals surface area contributed by atoms with Crippen molar-refractivity contribution in [3.05, 3.63) is 35.9 Å². The lowest BCUT2D eigenvalue weighted by molar-refractivity contribution is 0.0919. The molecule has 6 nitrogen and oxygen atoms in total. The summed E-state index contributed by atoms with van der Waals surface area (Å²) >= 11 is 0. The van der Waals surface area contributed by atoms with Crippen molar-refractivity contribution in [1.29, 1.82) is 0 Å². The maximum atomic E-state index is 12.2. The van der Waals surface area contributed by atoms with Crippen molar-refractivity contribution in [2.75, 3.05) is 46.8 Å². The Hall–Kier alpha value is -0.990. The SMILES string of the molecule is CC(C)N(C)S(=O)(=O)NCCN1CCN(C)CC1c1ccccc1. The molecule has 136 valence electrons. The Morgan fingerprint density at radius 3 is 2.54 bits per heavy atom. The third kappa shape index (κ3) is 5.00. The molecular weight excluding hydrogens is 324 g/mol. The highest BCUT2D eigenvalue weighted by Crippen LogP contribution is 2.24. The highest BCUT2D eigenvalue weighted by Gasteiger charge is 2.27. The van der Waals surface area contributed by atoms with E-state index in [-0.39, 0.29) is 6.04 Å². The highest BCUT2D eigenvalue weighted by molar-refractivity contribution is 7.87. The van der Waals surface area contributed by atoms with E-state index in [0.717, 1.165) is 19.6 Å². The van der Waals surface area contributed by atoms with E-state index in [9.17, 15) is 8.42 Å². The highest BCUT2D eigenvalue weighted by atomic mass is 32.2. The second-order valence-electron chi connectivity index (χ2n) is 6.73. The third-order valence-corrected chi connectivity index (χ3v) is 6.42. The molecule has 1 aliphatic heterocycles. The van der Waals surface area contributed by atoms with Crippen LogP contribution in [0.25, 0.3) is 0 Å². The fourth-order valence-electron chi connectivity index (χ4n) is 2.91. The molecule has 1 saturated heterocycles. The van der Waals surface area contributed by atoms with Crippen LogP contribution in [0.2, 0.25) is 0 Å². The number of nitrogens with one attached hydrogen (secondary N) is 1. The molecule has 1 aromatic rings. The van der Waals surface area contributed by atoms with Crippen molar-refractivity contribution in [3.63, 3.8) is 0 Å². The van der Waals surface area contributed by atoms with E-state index in [2.05, 4.69) is 45.8 Å². The first-order valence-electron chi connectivity index (χ1n) is 8.51. The number of hydrogen-bond acceptors (Lipinski definition) is 4. The minimum absolute atomic E-state index is 0.0526. The van der Waals surface area contributed by atoms with Crippen LogP contribution in [-0.4, -0.2) is 75.4 Å². The van der Waals surface area contributed by atoms with E-state index >= 15 is 0 Å². The van der Waals surface area contributed by atoms with E-state index in [1.54, 1.807) is 7.05 Å². The van der Waals surface area contributed by atoms with Gasteiger partial charge in [-0.15, -0.1) is 0 Å². The zero-order valence-electron chi connectivity index (χ0n) is 15.1. The molecule has 0 saturated carbocycles. The Bertz CT molecular complexity index is 606. The van der Waals surface area contributed by atoms with Crippen LogP contribution in [0.3, 0.4) is 0 Å². The first-order valence-corrected chi connectivity index (χ1v) is 9.95. The van der Waals surface area contributed by atoms with Crippen LogP contribution < -0.4 is 4.72 Å². The Kier molecular flexibility index (Phi) is 6.77. The van der Waals surface area contributed by atoms with Gasteiger partial charge in [0.05, 0.1) is 0 Å². The Balaban J connectivity index is 1.97. The fourth-order valence-corrected chi connectivity index (χ4v) is 4.02. The molecule has 0 amide bonds. The number of benzene rings is 1. The number of rotatable bonds is 7. The summed E-state index contributed by atoms with van der Waals surface area (Å²) in [7, 11) is 0.332. The van der Waals surface area contributed by atoms with Gasteiger partial charge in [0.25, 0.3) is 10.2 Å². The van der Waals surface area contributed by atoms with Crippen LogP contribution in [0.1, 0.15) is 25.5 Å². The van der Waals surface area contributed by atoms with Gasteiger partial charge in [-0.2, -0.15) is 12.7 Å². The molecule has 7 heteroatoms. The summed E-state index contributed by atoms with van der Waals surface area (Å²) < 4.78 is 28.5. The first-order chi connectivity index (χ1) is 11.3. The summed E-state index contributed by atoms with van der Waals surface area (Å²) in [5, 5.41) is 0. The minimum Gasteiger partial charge on any atom is -0.303 e. The third-order valence-electron chi connectivity index (χ3n) is 4.67. The van der Waals surface area contributed by atoms with Crippen LogP contribution in [0.15, 0.2) is 30.3 Å². The van der Waals surface area contributed by atoms with Crippen molar-refractivity contribution in [2.24, 2.45) is 0 Å². The molecule has 1 aliphatic rings. The normalized spacial score (nSPS) is 20.8. The lowest BCUT2D eigenvalue weighted by atomic mass is 10.0. The van der Waals surface area contributed by atoms with Gasteiger partial charge in [0.1, 0.15) is 0 Å². The Labute approximate surface area is 146 Å². The summed E-state index contributed by atoms with van der Waals surface area (Å²) in [6.07, 6.45) is 0. The smallest absolute Gasteiger partial charge is 0.279 e. The fraction of sp³-hybridized carbons (Fsp3) is 0.647. The molecule has 0 spiro atoms. The van der Waals surface area contributed by atoms with Gasteiger partial charge in [0.15, 0.2) is 0 Å². The van der Waals surface area contributed by atoms with Crippen molar-refractivity contribution >= 4 is 10.2 Å². The molecule has 1 fully saturated rings. The maximum absolute atomic E-state index is 12.2. The minimum atomic E-state index is -3.41. The molecule has 1 heterocycles. The van der Waals surface area contributed by atoms with Crippen molar-refractivity contribution in [3.8, 4) is 0 Å². The zero-order chi connectivity index (χ0) is 17.7. The van der Waals surface area contributed by atoms with Gasteiger partial charge in [0.2, 0.25) is 0 Å². The topological polar surface area (TPSA) is 55.9 Å². The van der Waals surface area contributed by atoms with E-state index in [1.807, 2.05) is 19.9 Å². The molecule has 24 heavy (non-hydrogen) atoms. The summed E-state index contributed by atoms with van der Waals surface area (Å²) in [5.41, 5.74) is 1.28. The van der Waals surface area contributed by atoms with Crippen LogP contribution in [-0.2, 0) is 10.2 Å². The molecule has 0 aromatic heterocycles. The van der Waals surface area contributed by atoms with Crippen LogP contribution in [0, 0.1) is 0 Å². The van der Waals surface area contributed by atoms with Gasteiger partial charge in [-0.05, 0) is 26.5 Å². The molecule has 1 N–H and O–H groups in total. The maximum Gasteiger partial charge on any atom is 0.279 e. The molecule has 1 atom stereocenters.